The normalized spacial score (nSPS) is 11.8. The Labute approximate surface area is 104 Å². The van der Waals surface area contributed by atoms with E-state index in [2.05, 4.69) is 0 Å². The third kappa shape index (κ3) is 0.979. The molecule has 0 saturated carbocycles. The second-order valence-electron chi connectivity index (χ2n) is 4.56. The van der Waals surface area contributed by atoms with E-state index in [1.54, 1.807) is 12.1 Å². The summed E-state index contributed by atoms with van der Waals surface area (Å²) in [6.07, 6.45) is 0. The zero-order chi connectivity index (χ0) is 12.3. The van der Waals surface area contributed by atoms with Crippen molar-refractivity contribution in [3.05, 3.63) is 48.5 Å². The molecule has 1 aliphatic rings. The highest BCUT2D eigenvalue weighted by Crippen LogP contribution is 2.53. The first kappa shape index (κ1) is 9.54. The molecule has 0 radical (unpaired) electrons. The van der Waals surface area contributed by atoms with Gasteiger partial charge in [0.05, 0.1) is 0 Å². The summed E-state index contributed by atoms with van der Waals surface area (Å²) >= 11 is 0. The predicted molar refractivity (Wildman–Crippen MR) is 71.7 cm³/mol. The number of aromatic hydroxyl groups is 2. The van der Waals surface area contributed by atoms with E-state index < -0.39 is 0 Å². The van der Waals surface area contributed by atoms with Crippen LogP contribution in [-0.4, -0.2) is 10.2 Å². The summed E-state index contributed by atoms with van der Waals surface area (Å²) in [6, 6.07) is 15.1. The van der Waals surface area contributed by atoms with Crippen LogP contribution in [0.15, 0.2) is 48.5 Å². The number of hydrogen-bond acceptors (Lipinski definition) is 2. The fraction of sp³-hybridized carbons (Fsp3) is 0. The Kier molecular flexibility index (Phi) is 1.61. The smallest absolute Gasteiger partial charge is 0.124 e. The quantitative estimate of drug-likeness (QED) is 0.484. The van der Waals surface area contributed by atoms with E-state index in [1.807, 2.05) is 36.4 Å². The van der Waals surface area contributed by atoms with Crippen LogP contribution in [0.2, 0.25) is 0 Å². The fourth-order valence-corrected chi connectivity index (χ4v) is 2.87. The van der Waals surface area contributed by atoms with Gasteiger partial charge in [-0.05, 0) is 28.6 Å². The molecule has 0 bridgehead atoms. The second kappa shape index (κ2) is 3.05. The SMILES string of the molecule is Oc1cccc2c1-c1c(O)ccc3cccc-2c13. The standard InChI is InChI=1S/C16H10O2/c17-12-6-2-5-11-10-4-1-3-9-7-8-13(18)16(14(9)10)15(11)12/h1-8,17-18H. The molecule has 0 atom stereocenters. The van der Waals surface area contributed by atoms with Gasteiger partial charge >= 0.3 is 0 Å². The van der Waals surface area contributed by atoms with Gasteiger partial charge in [-0.2, -0.15) is 0 Å². The number of hydrogen-bond donors (Lipinski definition) is 2. The summed E-state index contributed by atoms with van der Waals surface area (Å²) in [6.45, 7) is 0. The van der Waals surface area contributed by atoms with E-state index in [0.717, 1.165) is 33.0 Å². The minimum atomic E-state index is 0.214. The lowest BCUT2D eigenvalue weighted by Crippen LogP contribution is -1.78. The third-order valence-corrected chi connectivity index (χ3v) is 3.61. The average Bonchev–Trinajstić information content (AvgIpc) is 2.73. The van der Waals surface area contributed by atoms with Gasteiger partial charge in [0.1, 0.15) is 11.5 Å². The Balaban J connectivity index is 2.33. The maximum atomic E-state index is 10.1. The third-order valence-electron chi connectivity index (χ3n) is 3.61. The first-order valence-corrected chi connectivity index (χ1v) is 5.85. The molecule has 0 fully saturated rings. The highest BCUT2D eigenvalue weighted by atomic mass is 16.3. The molecule has 2 N–H and O–H groups in total. The number of phenols is 2. The first-order valence-electron chi connectivity index (χ1n) is 5.85. The van der Waals surface area contributed by atoms with Crippen molar-refractivity contribution >= 4 is 10.8 Å². The van der Waals surface area contributed by atoms with Gasteiger partial charge in [0.25, 0.3) is 0 Å². The van der Waals surface area contributed by atoms with Gasteiger partial charge in [-0.3, -0.25) is 0 Å². The van der Waals surface area contributed by atoms with Crippen LogP contribution in [0, 0.1) is 0 Å². The van der Waals surface area contributed by atoms with Crippen molar-refractivity contribution in [2.24, 2.45) is 0 Å². The van der Waals surface area contributed by atoms with Crippen molar-refractivity contribution in [2.75, 3.05) is 0 Å². The molecule has 0 spiro atoms. The van der Waals surface area contributed by atoms with Gasteiger partial charge in [0.15, 0.2) is 0 Å². The van der Waals surface area contributed by atoms with Crippen LogP contribution in [-0.2, 0) is 0 Å². The zero-order valence-electron chi connectivity index (χ0n) is 9.51. The summed E-state index contributed by atoms with van der Waals surface area (Å²) in [5.41, 5.74) is 3.54. The summed E-state index contributed by atoms with van der Waals surface area (Å²) < 4.78 is 0. The molecule has 86 valence electrons. The van der Waals surface area contributed by atoms with Crippen molar-refractivity contribution in [3.63, 3.8) is 0 Å². The topological polar surface area (TPSA) is 40.5 Å². The minimum Gasteiger partial charge on any atom is -0.507 e. The summed E-state index contributed by atoms with van der Waals surface area (Å²) in [5, 5.41) is 22.3. The van der Waals surface area contributed by atoms with Crippen LogP contribution in [0.3, 0.4) is 0 Å². The molecular weight excluding hydrogens is 224 g/mol. The van der Waals surface area contributed by atoms with E-state index in [0.29, 0.717) is 0 Å². The maximum Gasteiger partial charge on any atom is 0.124 e. The van der Waals surface area contributed by atoms with Gasteiger partial charge < -0.3 is 10.2 Å². The molecule has 0 heterocycles. The van der Waals surface area contributed by atoms with E-state index >= 15 is 0 Å². The molecule has 2 nitrogen and oxygen atoms in total. The van der Waals surface area contributed by atoms with E-state index in [9.17, 15) is 10.2 Å². The van der Waals surface area contributed by atoms with Crippen molar-refractivity contribution < 1.29 is 10.2 Å². The molecule has 0 saturated heterocycles. The molecule has 2 heteroatoms. The van der Waals surface area contributed by atoms with Crippen LogP contribution < -0.4 is 0 Å². The van der Waals surface area contributed by atoms with Crippen molar-refractivity contribution in [1.82, 2.24) is 0 Å². The van der Waals surface area contributed by atoms with Crippen LogP contribution in [0.1, 0.15) is 0 Å². The van der Waals surface area contributed by atoms with Crippen molar-refractivity contribution in [3.8, 4) is 33.8 Å². The number of rotatable bonds is 0. The first-order chi connectivity index (χ1) is 8.77. The molecular formula is C16H10O2. The van der Waals surface area contributed by atoms with Crippen LogP contribution in [0.4, 0.5) is 0 Å². The number of benzene rings is 3. The number of phenolic OH excluding ortho intramolecular Hbond substituents is 2. The Morgan fingerprint density at radius 1 is 0.611 bits per heavy atom. The highest BCUT2D eigenvalue weighted by Gasteiger charge is 2.26. The molecule has 0 aliphatic heterocycles. The molecule has 4 rings (SSSR count). The molecule has 3 aromatic carbocycles. The summed E-state index contributed by atoms with van der Waals surface area (Å²) in [5.74, 6) is 0.432. The molecule has 0 aromatic heterocycles. The monoisotopic (exact) mass is 234 g/mol. The van der Waals surface area contributed by atoms with Gasteiger partial charge in [-0.15, -0.1) is 0 Å². The summed E-state index contributed by atoms with van der Waals surface area (Å²) in [7, 11) is 0. The highest BCUT2D eigenvalue weighted by molar-refractivity contribution is 6.18. The van der Waals surface area contributed by atoms with Crippen LogP contribution >= 0.6 is 0 Å². The molecule has 0 unspecified atom stereocenters. The lowest BCUT2D eigenvalue weighted by atomic mass is 10.0. The largest absolute Gasteiger partial charge is 0.507 e. The Bertz CT molecular complexity index is 804. The maximum absolute atomic E-state index is 10.1. The van der Waals surface area contributed by atoms with Crippen LogP contribution in [0.5, 0.6) is 11.5 Å². The Morgan fingerprint density at radius 2 is 1.33 bits per heavy atom. The Hall–Kier alpha value is -2.48. The van der Waals surface area contributed by atoms with E-state index in [1.165, 1.54) is 0 Å². The lowest BCUT2D eigenvalue weighted by Gasteiger charge is -2.06. The van der Waals surface area contributed by atoms with Crippen molar-refractivity contribution in [1.29, 1.82) is 0 Å². The van der Waals surface area contributed by atoms with Crippen molar-refractivity contribution in [2.45, 2.75) is 0 Å². The zero-order valence-corrected chi connectivity index (χ0v) is 9.51. The van der Waals surface area contributed by atoms with E-state index in [-0.39, 0.29) is 11.5 Å². The summed E-state index contributed by atoms with van der Waals surface area (Å²) in [4.78, 5) is 0. The molecule has 3 aromatic rings. The second-order valence-corrected chi connectivity index (χ2v) is 4.56. The van der Waals surface area contributed by atoms with Gasteiger partial charge in [0.2, 0.25) is 0 Å². The van der Waals surface area contributed by atoms with Gasteiger partial charge in [-0.25, -0.2) is 0 Å². The average molecular weight is 234 g/mol. The van der Waals surface area contributed by atoms with E-state index in [4.69, 9.17) is 0 Å². The molecule has 18 heavy (non-hydrogen) atoms. The lowest BCUT2D eigenvalue weighted by molar-refractivity contribution is 0.470. The fourth-order valence-electron chi connectivity index (χ4n) is 2.87. The molecule has 0 amide bonds. The Morgan fingerprint density at radius 3 is 2.22 bits per heavy atom. The van der Waals surface area contributed by atoms with Crippen LogP contribution in [0.25, 0.3) is 33.0 Å². The predicted octanol–water partition coefficient (Wildman–Crippen LogP) is 3.90. The molecule has 1 aliphatic carbocycles. The van der Waals surface area contributed by atoms with Gasteiger partial charge in [0, 0.05) is 16.5 Å². The number of fused-ring (bicyclic) bond motifs is 3. The van der Waals surface area contributed by atoms with Gasteiger partial charge in [-0.1, -0.05) is 36.4 Å². The minimum absolute atomic E-state index is 0.214.